The molecule has 3 nitrogen and oxygen atoms in total. The van der Waals surface area contributed by atoms with Crippen molar-refractivity contribution in [3.05, 3.63) is 99.6 Å². The lowest BCUT2D eigenvalue weighted by Crippen LogP contribution is -2.33. The first kappa shape index (κ1) is 25.6. The van der Waals surface area contributed by atoms with Crippen molar-refractivity contribution in [3.8, 4) is 0 Å². The highest BCUT2D eigenvalue weighted by Gasteiger charge is 2.30. The number of nitrogens with zero attached hydrogens (tertiary/aromatic N) is 1. The Morgan fingerprint density at radius 3 is 2.15 bits per heavy atom. The summed E-state index contributed by atoms with van der Waals surface area (Å²) in [6, 6.07) is 18.0. The van der Waals surface area contributed by atoms with Gasteiger partial charge < -0.3 is 10.6 Å². The normalized spacial score (nSPS) is 12.0. The first-order chi connectivity index (χ1) is 15.9. The van der Waals surface area contributed by atoms with Crippen molar-refractivity contribution >= 4 is 23.2 Å². The van der Waals surface area contributed by atoms with E-state index in [-0.39, 0.29) is 47.1 Å². The molecule has 0 aliphatic heterocycles. The quantitative estimate of drug-likeness (QED) is 0.375. The molecule has 0 aliphatic carbocycles. The van der Waals surface area contributed by atoms with E-state index in [1.54, 1.807) is 29.2 Å². The lowest BCUT2D eigenvalue weighted by atomic mass is 9.87. The molecule has 0 saturated carbocycles. The largest absolute Gasteiger partial charge is 0.416 e. The van der Waals surface area contributed by atoms with Gasteiger partial charge in [-0.2, -0.15) is 13.2 Å². The number of benzene rings is 3. The van der Waals surface area contributed by atoms with Gasteiger partial charge in [0, 0.05) is 18.8 Å². The van der Waals surface area contributed by atoms with E-state index in [9.17, 15) is 18.0 Å². The van der Waals surface area contributed by atoms with Crippen molar-refractivity contribution in [2.45, 2.75) is 45.3 Å². The van der Waals surface area contributed by atoms with Gasteiger partial charge in [-0.1, -0.05) is 80.9 Å². The second kappa shape index (κ2) is 10.1. The number of rotatable bonds is 6. The highest BCUT2D eigenvalue weighted by atomic mass is 35.5. The van der Waals surface area contributed by atoms with Crippen LogP contribution in [0, 0.1) is 0 Å². The summed E-state index contributed by atoms with van der Waals surface area (Å²) >= 11 is 6.28. The second-order valence-electron chi connectivity index (χ2n) is 9.33. The lowest BCUT2D eigenvalue weighted by Gasteiger charge is -2.25. The molecule has 1 amide bonds. The fraction of sp³-hybridized carbons (Fsp3) is 0.296. The lowest BCUT2D eigenvalue weighted by molar-refractivity contribution is -0.137. The van der Waals surface area contributed by atoms with Crippen molar-refractivity contribution < 1.29 is 18.0 Å². The SMILES string of the molecule is CC(C)(C)c1ccc(CN(CCc2cccc(C(F)(F)F)c2)C(=O)c2c(N)cccc2Cl)cc1. The van der Waals surface area contributed by atoms with Gasteiger partial charge in [-0.15, -0.1) is 0 Å². The van der Waals surface area contributed by atoms with E-state index in [4.69, 9.17) is 17.3 Å². The van der Waals surface area contributed by atoms with Gasteiger partial charge in [0.25, 0.3) is 5.91 Å². The minimum Gasteiger partial charge on any atom is -0.398 e. The summed E-state index contributed by atoms with van der Waals surface area (Å²) < 4.78 is 39.3. The smallest absolute Gasteiger partial charge is 0.398 e. The first-order valence-electron chi connectivity index (χ1n) is 10.9. The predicted octanol–water partition coefficient (Wildman–Crippen LogP) is 7.12. The molecule has 0 fully saturated rings. The number of hydrogen-bond donors (Lipinski definition) is 1. The molecule has 0 aliphatic rings. The summed E-state index contributed by atoms with van der Waals surface area (Å²) in [6.45, 7) is 6.83. The standard InChI is InChI=1S/C27H28ClF3N2O/c1-26(2,3)20-12-10-19(11-13-20)17-33(25(34)24-22(28)8-5-9-23(24)32)15-14-18-6-4-7-21(16-18)27(29,30)31/h4-13,16H,14-15,17,32H2,1-3H3. The third-order valence-corrected chi connectivity index (χ3v) is 5.98. The first-order valence-corrected chi connectivity index (χ1v) is 11.3. The maximum absolute atomic E-state index is 13.4. The molecule has 3 rings (SSSR count). The van der Waals surface area contributed by atoms with E-state index in [0.29, 0.717) is 5.56 Å². The van der Waals surface area contributed by atoms with Gasteiger partial charge in [0.2, 0.25) is 0 Å². The zero-order valence-electron chi connectivity index (χ0n) is 19.4. The van der Waals surface area contributed by atoms with Crippen LogP contribution in [0.3, 0.4) is 0 Å². The van der Waals surface area contributed by atoms with Crippen LogP contribution in [-0.2, 0) is 24.6 Å². The molecule has 0 aromatic heterocycles. The van der Waals surface area contributed by atoms with Gasteiger partial charge in [-0.3, -0.25) is 4.79 Å². The van der Waals surface area contributed by atoms with Crippen LogP contribution in [0.4, 0.5) is 18.9 Å². The highest BCUT2D eigenvalue weighted by molar-refractivity contribution is 6.34. The molecule has 2 N–H and O–H groups in total. The monoisotopic (exact) mass is 488 g/mol. The van der Waals surface area contributed by atoms with Crippen molar-refractivity contribution in [1.82, 2.24) is 4.90 Å². The van der Waals surface area contributed by atoms with E-state index in [2.05, 4.69) is 20.8 Å². The molecule has 0 saturated heterocycles. The molecule has 34 heavy (non-hydrogen) atoms. The fourth-order valence-corrected chi connectivity index (χ4v) is 3.94. The molecule has 0 heterocycles. The van der Waals surface area contributed by atoms with Crippen molar-refractivity contribution in [2.75, 3.05) is 12.3 Å². The number of carbonyl (C=O) groups is 1. The molecular weight excluding hydrogens is 461 g/mol. The number of alkyl halides is 3. The maximum atomic E-state index is 13.4. The van der Waals surface area contributed by atoms with Crippen molar-refractivity contribution in [2.24, 2.45) is 0 Å². The Hall–Kier alpha value is -2.99. The van der Waals surface area contributed by atoms with Crippen LogP contribution < -0.4 is 5.73 Å². The summed E-state index contributed by atoms with van der Waals surface area (Å²) in [6.07, 6.45) is -4.17. The zero-order chi connectivity index (χ0) is 25.1. The minimum absolute atomic E-state index is 0.0104. The van der Waals surface area contributed by atoms with Gasteiger partial charge >= 0.3 is 6.18 Å². The van der Waals surface area contributed by atoms with Gasteiger partial charge in [-0.25, -0.2) is 0 Å². The van der Waals surface area contributed by atoms with Crippen LogP contribution in [0.5, 0.6) is 0 Å². The molecule has 3 aromatic carbocycles. The molecule has 7 heteroatoms. The van der Waals surface area contributed by atoms with E-state index in [1.165, 1.54) is 6.07 Å². The topological polar surface area (TPSA) is 46.3 Å². The molecule has 0 bridgehead atoms. The van der Waals surface area contributed by atoms with Gasteiger partial charge in [0.05, 0.1) is 16.1 Å². The molecule has 0 radical (unpaired) electrons. The van der Waals surface area contributed by atoms with E-state index in [0.717, 1.165) is 23.3 Å². The number of hydrogen-bond acceptors (Lipinski definition) is 2. The Balaban J connectivity index is 1.88. The van der Waals surface area contributed by atoms with Crippen LogP contribution >= 0.6 is 11.6 Å². The van der Waals surface area contributed by atoms with Gasteiger partial charge in [0.15, 0.2) is 0 Å². The van der Waals surface area contributed by atoms with Gasteiger partial charge in [0.1, 0.15) is 0 Å². The summed E-state index contributed by atoms with van der Waals surface area (Å²) in [7, 11) is 0. The molecular formula is C27H28ClF3N2O. The Morgan fingerprint density at radius 2 is 1.56 bits per heavy atom. The molecule has 0 atom stereocenters. The number of carbonyl (C=O) groups excluding carboxylic acids is 1. The Labute approximate surface area is 203 Å². The number of nitrogen functional groups attached to an aromatic ring is 1. The third-order valence-electron chi connectivity index (χ3n) is 5.67. The van der Waals surface area contributed by atoms with Crippen molar-refractivity contribution in [1.29, 1.82) is 0 Å². The molecule has 0 unspecified atom stereocenters. The van der Waals surface area contributed by atoms with Gasteiger partial charge in [-0.05, 0) is 46.7 Å². The highest BCUT2D eigenvalue weighted by Crippen LogP contribution is 2.30. The maximum Gasteiger partial charge on any atom is 0.416 e. The Kier molecular flexibility index (Phi) is 7.61. The summed E-state index contributed by atoms with van der Waals surface area (Å²) in [4.78, 5) is 15.0. The molecule has 180 valence electrons. The van der Waals surface area contributed by atoms with Crippen LogP contribution in [-0.4, -0.2) is 17.4 Å². The number of anilines is 1. The third kappa shape index (κ3) is 6.32. The number of amides is 1. The summed E-state index contributed by atoms with van der Waals surface area (Å²) in [5, 5.41) is 0.233. The zero-order valence-corrected chi connectivity index (χ0v) is 20.2. The summed E-state index contributed by atoms with van der Waals surface area (Å²) in [5.41, 5.74) is 8.31. The van der Waals surface area contributed by atoms with E-state index < -0.39 is 11.7 Å². The average Bonchev–Trinajstić information content (AvgIpc) is 2.75. The van der Waals surface area contributed by atoms with Crippen LogP contribution in [0.2, 0.25) is 5.02 Å². The van der Waals surface area contributed by atoms with Crippen LogP contribution in [0.15, 0.2) is 66.7 Å². The summed E-state index contributed by atoms with van der Waals surface area (Å²) in [5.74, 6) is -0.366. The molecule has 0 spiro atoms. The van der Waals surface area contributed by atoms with Crippen LogP contribution in [0.25, 0.3) is 0 Å². The van der Waals surface area contributed by atoms with Crippen LogP contribution in [0.1, 0.15) is 53.4 Å². The van der Waals surface area contributed by atoms with Crippen molar-refractivity contribution in [3.63, 3.8) is 0 Å². The van der Waals surface area contributed by atoms with E-state index >= 15 is 0 Å². The number of halogens is 4. The van der Waals surface area contributed by atoms with E-state index in [1.807, 2.05) is 24.3 Å². The number of nitrogens with two attached hydrogens (primary N) is 1. The second-order valence-corrected chi connectivity index (χ2v) is 9.73. The fourth-order valence-electron chi connectivity index (χ4n) is 3.67. The average molecular weight is 489 g/mol. The molecule has 3 aromatic rings. The minimum atomic E-state index is -4.42. The Morgan fingerprint density at radius 1 is 0.912 bits per heavy atom. The predicted molar refractivity (Wildman–Crippen MR) is 131 cm³/mol. The Bertz CT molecular complexity index is 1130.